The zero-order valence-corrected chi connectivity index (χ0v) is 10.2. The lowest BCUT2D eigenvalue weighted by Gasteiger charge is -2.06. The number of esters is 1. The van der Waals surface area contributed by atoms with Gasteiger partial charge in [0.2, 0.25) is 0 Å². The van der Waals surface area contributed by atoms with E-state index in [0.29, 0.717) is 13.2 Å². The summed E-state index contributed by atoms with van der Waals surface area (Å²) in [6, 6.07) is -0.315. The van der Waals surface area contributed by atoms with Crippen LogP contribution in [0.25, 0.3) is 0 Å². The molecule has 0 aromatic carbocycles. The van der Waals surface area contributed by atoms with E-state index in [4.69, 9.17) is 0 Å². The number of rotatable bonds is 8. The number of ether oxygens (including phenoxy) is 1. The lowest BCUT2D eigenvalue weighted by atomic mass is 10.2. The summed E-state index contributed by atoms with van der Waals surface area (Å²) in [5.41, 5.74) is 0. The van der Waals surface area contributed by atoms with Crippen molar-refractivity contribution in [1.82, 2.24) is 10.6 Å². The molecule has 0 rings (SSSR count). The number of hydrogen-bond donors (Lipinski definition) is 2. The van der Waals surface area contributed by atoms with E-state index in [-0.39, 0.29) is 12.6 Å². The van der Waals surface area contributed by atoms with E-state index in [1.807, 2.05) is 0 Å². The Labute approximate surface area is 96.9 Å². The van der Waals surface area contributed by atoms with Gasteiger partial charge in [-0.3, -0.25) is 4.79 Å². The third kappa shape index (κ3) is 9.30. The number of hydrogen-bond acceptors (Lipinski definition) is 3. The molecular formula is C11H22N2O3. The minimum atomic E-state index is -0.413. The van der Waals surface area contributed by atoms with Gasteiger partial charge in [-0.05, 0) is 13.3 Å². The minimum Gasteiger partial charge on any atom is -0.465 e. The van der Waals surface area contributed by atoms with Crippen LogP contribution in [-0.4, -0.2) is 31.7 Å². The Balaban J connectivity index is 3.34. The van der Waals surface area contributed by atoms with Crippen LogP contribution in [0, 0.1) is 0 Å². The third-order valence-electron chi connectivity index (χ3n) is 2.01. The molecule has 0 aliphatic heterocycles. The first-order chi connectivity index (χ1) is 7.70. The second kappa shape index (κ2) is 10.3. The van der Waals surface area contributed by atoms with Crippen LogP contribution in [0.1, 0.15) is 39.5 Å². The quantitative estimate of drug-likeness (QED) is 0.489. The van der Waals surface area contributed by atoms with Crippen LogP contribution in [0.2, 0.25) is 0 Å². The highest BCUT2D eigenvalue weighted by atomic mass is 16.5. The van der Waals surface area contributed by atoms with Crippen LogP contribution < -0.4 is 10.6 Å². The molecule has 0 unspecified atom stereocenters. The number of carbonyl (C=O) groups is 2. The molecule has 0 atom stereocenters. The summed E-state index contributed by atoms with van der Waals surface area (Å²) in [6.07, 6.45) is 4.45. The smallest absolute Gasteiger partial charge is 0.325 e. The van der Waals surface area contributed by atoms with Gasteiger partial charge in [-0.1, -0.05) is 26.2 Å². The topological polar surface area (TPSA) is 67.4 Å². The van der Waals surface area contributed by atoms with E-state index < -0.39 is 5.97 Å². The first-order valence-corrected chi connectivity index (χ1v) is 5.88. The van der Waals surface area contributed by atoms with Crippen molar-refractivity contribution >= 4 is 12.0 Å². The predicted octanol–water partition coefficient (Wildman–Crippen LogP) is 1.43. The van der Waals surface area contributed by atoms with Crippen molar-refractivity contribution in [3.05, 3.63) is 0 Å². The molecule has 2 N–H and O–H groups in total. The largest absolute Gasteiger partial charge is 0.465 e. The molecule has 5 nitrogen and oxygen atoms in total. The highest BCUT2D eigenvalue weighted by Gasteiger charge is 2.04. The van der Waals surface area contributed by atoms with Gasteiger partial charge in [0.05, 0.1) is 6.61 Å². The summed E-state index contributed by atoms with van der Waals surface area (Å²) in [4.78, 5) is 22.1. The van der Waals surface area contributed by atoms with Gasteiger partial charge in [-0.2, -0.15) is 0 Å². The number of amides is 2. The van der Waals surface area contributed by atoms with Gasteiger partial charge in [-0.15, -0.1) is 0 Å². The van der Waals surface area contributed by atoms with E-state index in [1.54, 1.807) is 6.92 Å². The average Bonchev–Trinajstić information content (AvgIpc) is 2.26. The molecule has 94 valence electrons. The molecule has 0 saturated heterocycles. The lowest BCUT2D eigenvalue weighted by molar-refractivity contribution is -0.141. The van der Waals surface area contributed by atoms with Gasteiger partial charge < -0.3 is 15.4 Å². The first-order valence-electron chi connectivity index (χ1n) is 5.88. The van der Waals surface area contributed by atoms with E-state index in [2.05, 4.69) is 22.3 Å². The summed E-state index contributed by atoms with van der Waals surface area (Å²) in [7, 11) is 0. The minimum absolute atomic E-state index is 0.0748. The Hall–Kier alpha value is -1.26. The fraction of sp³-hybridized carbons (Fsp3) is 0.818. The Morgan fingerprint density at radius 2 is 1.81 bits per heavy atom. The van der Waals surface area contributed by atoms with Gasteiger partial charge in [0.15, 0.2) is 0 Å². The van der Waals surface area contributed by atoms with Gasteiger partial charge in [0.25, 0.3) is 0 Å². The normalized spacial score (nSPS) is 9.62. The SMILES string of the molecule is CCCCCCNC(=O)NCC(=O)OCC. The maximum atomic E-state index is 11.2. The van der Waals surface area contributed by atoms with Crippen LogP contribution in [0.3, 0.4) is 0 Å². The van der Waals surface area contributed by atoms with Crippen LogP contribution in [0.4, 0.5) is 4.79 Å². The molecule has 2 amide bonds. The van der Waals surface area contributed by atoms with Crippen molar-refractivity contribution in [2.45, 2.75) is 39.5 Å². The Morgan fingerprint density at radius 3 is 2.44 bits per heavy atom. The zero-order valence-electron chi connectivity index (χ0n) is 10.2. The summed E-state index contributed by atoms with van der Waals surface area (Å²) in [5, 5.41) is 5.11. The molecule has 0 fully saturated rings. The molecule has 0 aliphatic rings. The van der Waals surface area contributed by atoms with Crippen LogP contribution in [0.15, 0.2) is 0 Å². The summed E-state index contributed by atoms with van der Waals surface area (Å²) in [6.45, 7) is 4.77. The highest BCUT2D eigenvalue weighted by molar-refractivity contribution is 5.80. The maximum Gasteiger partial charge on any atom is 0.325 e. The molecule has 0 aromatic heterocycles. The van der Waals surface area contributed by atoms with Crippen LogP contribution in [-0.2, 0) is 9.53 Å². The molecule has 0 aromatic rings. The summed E-state index contributed by atoms with van der Waals surface area (Å²) >= 11 is 0. The van der Waals surface area contributed by atoms with Crippen molar-refractivity contribution in [1.29, 1.82) is 0 Å². The molecule has 0 bridgehead atoms. The molecule has 16 heavy (non-hydrogen) atoms. The number of urea groups is 1. The Morgan fingerprint density at radius 1 is 1.06 bits per heavy atom. The molecule has 5 heteroatoms. The summed E-state index contributed by atoms with van der Waals surface area (Å²) in [5.74, 6) is -0.413. The van der Waals surface area contributed by atoms with Crippen LogP contribution in [0.5, 0.6) is 0 Å². The standard InChI is InChI=1S/C11H22N2O3/c1-3-5-6-7-8-12-11(15)13-9-10(14)16-4-2/h3-9H2,1-2H3,(H2,12,13,15). The van der Waals surface area contributed by atoms with E-state index in [0.717, 1.165) is 12.8 Å². The predicted molar refractivity (Wildman–Crippen MR) is 62.2 cm³/mol. The number of carbonyl (C=O) groups excluding carboxylic acids is 2. The monoisotopic (exact) mass is 230 g/mol. The molecule has 0 spiro atoms. The van der Waals surface area contributed by atoms with E-state index in [1.165, 1.54) is 12.8 Å². The van der Waals surface area contributed by atoms with Crippen molar-refractivity contribution in [2.24, 2.45) is 0 Å². The van der Waals surface area contributed by atoms with Gasteiger partial charge >= 0.3 is 12.0 Å². The second-order valence-electron chi connectivity index (χ2n) is 3.48. The Kier molecular flexibility index (Phi) is 9.46. The summed E-state index contributed by atoms with van der Waals surface area (Å²) < 4.78 is 4.67. The first kappa shape index (κ1) is 14.7. The molecular weight excluding hydrogens is 208 g/mol. The van der Waals surface area contributed by atoms with Gasteiger partial charge in [0.1, 0.15) is 6.54 Å². The van der Waals surface area contributed by atoms with Crippen LogP contribution >= 0.6 is 0 Å². The number of nitrogens with one attached hydrogen (secondary N) is 2. The molecule has 0 saturated carbocycles. The molecule has 0 radical (unpaired) electrons. The second-order valence-corrected chi connectivity index (χ2v) is 3.48. The van der Waals surface area contributed by atoms with E-state index >= 15 is 0 Å². The maximum absolute atomic E-state index is 11.2. The molecule has 0 aliphatic carbocycles. The van der Waals surface area contributed by atoms with Crippen molar-refractivity contribution < 1.29 is 14.3 Å². The average molecular weight is 230 g/mol. The molecule has 0 heterocycles. The van der Waals surface area contributed by atoms with E-state index in [9.17, 15) is 9.59 Å². The lowest BCUT2D eigenvalue weighted by Crippen LogP contribution is -2.39. The highest BCUT2D eigenvalue weighted by Crippen LogP contribution is 1.96. The van der Waals surface area contributed by atoms with Crippen molar-refractivity contribution in [3.63, 3.8) is 0 Å². The van der Waals surface area contributed by atoms with Gasteiger partial charge in [0, 0.05) is 6.54 Å². The van der Waals surface area contributed by atoms with Gasteiger partial charge in [-0.25, -0.2) is 4.79 Å². The van der Waals surface area contributed by atoms with Crippen molar-refractivity contribution in [3.8, 4) is 0 Å². The Bertz CT molecular complexity index is 207. The fourth-order valence-corrected chi connectivity index (χ4v) is 1.18. The zero-order chi connectivity index (χ0) is 12.2. The van der Waals surface area contributed by atoms with Crippen molar-refractivity contribution in [2.75, 3.05) is 19.7 Å². The number of unbranched alkanes of at least 4 members (excludes halogenated alkanes) is 3. The fourth-order valence-electron chi connectivity index (χ4n) is 1.18. The third-order valence-corrected chi connectivity index (χ3v) is 2.01.